The molecule has 0 bridgehead atoms. The van der Waals surface area contributed by atoms with Crippen molar-refractivity contribution in [3.05, 3.63) is 88.0 Å². The number of carboxylic acid groups (broad SMARTS) is 1. The number of rotatable bonds is 11. The van der Waals surface area contributed by atoms with Crippen LogP contribution in [0.2, 0.25) is 0 Å². The zero-order valence-corrected chi connectivity index (χ0v) is 25.1. The summed E-state index contributed by atoms with van der Waals surface area (Å²) in [6, 6.07) is 11.3. The molecular weight excluding hydrogens is 482 g/mol. The normalized spacial score (nSPS) is 17.3. The van der Waals surface area contributed by atoms with E-state index < -0.39 is 6.09 Å². The zero-order valence-electron chi connectivity index (χ0n) is 25.1. The number of allylic oxidation sites excluding steroid dienone is 6. The summed E-state index contributed by atoms with van der Waals surface area (Å²) in [5.41, 5.74) is 8.48. The average Bonchev–Trinajstić information content (AvgIpc) is 2.88. The van der Waals surface area contributed by atoms with Crippen LogP contribution in [0.3, 0.4) is 0 Å². The van der Waals surface area contributed by atoms with Gasteiger partial charge in [0.25, 0.3) is 0 Å². The highest BCUT2D eigenvalue weighted by Gasteiger charge is 2.33. The van der Waals surface area contributed by atoms with Crippen molar-refractivity contribution >= 4 is 17.5 Å². The Bertz CT molecular complexity index is 1230. The third-order valence-electron chi connectivity index (χ3n) is 7.90. The van der Waals surface area contributed by atoms with Crippen LogP contribution in [0.5, 0.6) is 5.75 Å². The lowest BCUT2D eigenvalue weighted by atomic mass is 9.86. The summed E-state index contributed by atoms with van der Waals surface area (Å²) < 4.78 is 6.67. The van der Waals surface area contributed by atoms with Crippen molar-refractivity contribution in [3.8, 4) is 5.75 Å². The maximum Gasteiger partial charge on any atom is 0.416 e. The Morgan fingerprint density at radius 1 is 0.949 bits per heavy atom. The van der Waals surface area contributed by atoms with Crippen LogP contribution in [0.1, 0.15) is 96.3 Å². The van der Waals surface area contributed by atoms with Crippen molar-refractivity contribution < 1.29 is 14.6 Å². The second-order valence-electron chi connectivity index (χ2n) is 11.6. The number of fused-ring (bicyclic) bond motifs is 1. The SMILES string of the molecule is CC(C)=CCCC(C)=CCCC(C)=CCCC1(C)CCc2cc(N(C(=O)O)c3ccccc3)c(C)c(C)c2O1. The van der Waals surface area contributed by atoms with Crippen molar-refractivity contribution in [3.63, 3.8) is 0 Å². The Balaban J connectivity index is 1.64. The second-order valence-corrected chi connectivity index (χ2v) is 11.6. The minimum Gasteiger partial charge on any atom is -0.487 e. The van der Waals surface area contributed by atoms with E-state index in [2.05, 4.69) is 52.8 Å². The van der Waals surface area contributed by atoms with E-state index in [1.54, 1.807) is 0 Å². The molecule has 1 aliphatic heterocycles. The summed E-state index contributed by atoms with van der Waals surface area (Å²) in [5.74, 6) is 0.929. The Kier molecular flexibility index (Phi) is 10.6. The first kappa shape index (κ1) is 30.3. The Morgan fingerprint density at radius 2 is 1.56 bits per heavy atom. The van der Waals surface area contributed by atoms with Crippen LogP contribution >= 0.6 is 0 Å². The second kappa shape index (κ2) is 13.7. The van der Waals surface area contributed by atoms with E-state index in [1.165, 1.54) is 21.6 Å². The molecule has 1 N–H and O–H groups in total. The van der Waals surface area contributed by atoms with Gasteiger partial charge < -0.3 is 9.84 Å². The Hall–Kier alpha value is -3.27. The van der Waals surface area contributed by atoms with Gasteiger partial charge in [0.15, 0.2) is 0 Å². The predicted octanol–water partition coefficient (Wildman–Crippen LogP) is 10.4. The van der Waals surface area contributed by atoms with Crippen molar-refractivity contribution in [2.75, 3.05) is 4.90 Å². The molecule has 0 saturated heterocycles. The topological polar surface area (TPSA) is 49.8 Å². The number of anilines is 2. The van der Waals surface area contributed by atoms with Crippen LogP contribution in [0.15, 0.2) is 71.3 Å². The molecular formula is C35H47NO3. The highest BCUT2D eigenvalue weighted by Crippen LogP contribution is 2.43. The standard InChI is InChI=1S/C35H47NO3/c1-25(2)14-11-15-26(3)16-12-17-27(4)18-13-22-35(7)23-21-30-24-32(28(5)29(6)33(30)39-35)36(34(37)38)31-19-9-8-10-20-31/h8-10,14,16,18-20,24H,11-13,15,17,21-23H2,1-7H3,(H,37,38). The molecule has 1 atom stereocenters. The van der Waals surface area contributed by atoms with Gasteiger partial charge in [-0.25, -0.2) is 9.69 Å². The molecule has 2 aromatic carbocycles. The third kappa shape index (κ3) is 8.36. The summed E-state index contributed by atoms with van der Waals surface area (Å²) in [6.07, 6.45) is 14.3. The molecule has 0 aromatic heterocycles. The highest BCUT2D eigenvalue weighted by molar-refractivity contribution is 5.96. The number of aryl methyl sites for hydroxylation is 1. The molecule has 39 heavy (non-hydrogen) atoms. The molecule has 0 aliphatic carbocycles. The highest BCUT2D eigenvalue weighted by atomic mass is 16.5. The molecule has 1 aliphatic rings. The van der Waals surface area contributed by atoms with Crippen LogP contribution < -0.4 is 9.64 Å². The summed E-state index contributed by atoms with van der Waals surface area (Å²) >= 11 is 0. The van der Waals surface area contributed by atoms with Gasteiger partial charge in [-0.3, -0.25) is 0 Å². The molecule has 2 aromatic rings. The molecule has 210 valence electrons. The summed E-state index contributed by atoms with van der Waals surface area (Å²) in [4.78, 5) is 13.6. The van der Waals surface area contributed by atoms with Gasteiger partial charge in [-0.05, 0) is 135 Å². The number of nitrogens with zero attached hydrogens (tertiary/aromatic N) is 1. The Labute approximate surface area is 236 Å². The average molecular weight is 530 g/mol. The molecule has 0 radical (unpaired) electrons. The van der Waals surface area contributed by atoms with E-state index in [0.29, 0.717) is 11.4 Å². The molecule has 0 fully saturated rings. The first-order valence-electron chi connectivity index (χ1n) is 14.4. The number of benzene rings is 2. The predicted molar refractivity (Wildman–Crippen MR) is 165 cm³/mol. The molecule has 0 spiro atoms. The lowest BCUT2D eigenvalue weighted by Crippen LogP contribution is -2.37. The number of ether oxygens (including phenoxy) is 1. The maximum absolute atomic E-state index is 12.3. The van der Waals surface area contributed by atoms with E-state index in [9.17, 15) is 9.90 Å². The van der Waals surface area contributed by atoms with E-state index >= 15 is 0 Å². The monoisotopic (exact) mass is 529 g/mol. The summed E-state index contributed by atoms with van der Waals surface area (Å²) in [6.45, 7) is 15.0. The van der Waals surface area contributed by atoms with Crippen molar-refractivity contribution in [1.82, 2.24) is 0 Å². The number of amides is 1. The molecule has 1 amide bonds. The largest absolute Gasteiger partial charge is 0.487 e. The van der Waals surface area contributed by atoms with Crippen molar-refractivity contribution in [1.29, 1.82) is 0 Å². The molecule has 0 saturated carbocycles. The van der Waals surface area contributed by atoms with Crippen molar-refractivity contribution in [2.45, 2.75) is 105 Å². The van der Waals surface area contributed by atoms with E-state index in [4.69, 9.17) is 4.74 Å². The van der Waals surface area contributed by atoms with Crippen LogP contribution in [0, 0.1) is 13.8 Å². The van der Waals surface area contributed by atoms with E-state index in [0.717, 1.165) is 73.8 Å². The number of para-hydroxylation sites is 1. The maximum atomic E-state index is 12.3. The van der Waals surface area contributed by atoms with Gasteiger partial charge in [0.05, 0.1) is 11.4 Å². The van der Waals surface area contributed by atoms with Crippen LogP contribution in [0.25, 0.3) is 0 Å². The fourth-order valence-electron chi connectivity index (χ4n) is 5.27. The molecule has 3 rings (SSSR count). The third-order valence-corrected chi connectivity index (χ3v) is 7.90. The number of hydrogen-bond acceptors (Lipinski definition) is 2. The first-order chi connectivity index (χ1) is 18.5. The quantitative estimate of drug-likeness (QED) is 0.295. The van der Waals surface area contributed by atoms with E-state index in [-0.39, 0.29) is 5.60 Å². The molecule has 1 unspecified atom stereocenters. The minimum absolute atomic E-state index is 0.226. The van der Waals surface area contributed by atoms with Gasteiger partial charge in [-0.2, -0.15) is 0 Å². The first-order valence-corrected chi connectivity index (χ1v) is 14.4. The van der Waals surface area contributed by atoms with Gasteiger partial charge in [0, 0.05) is 0 Å². The molecule has 1 heterocycles. The van der Waals surface area contributed by atoms with Gasteiger partial charge in [0.1, 0.15) is 11.4 Å². The van der Waals surface area contributed by atoms with E-state index in [1.807, 2.05) is 50.2 Å². The number of hydrogen-bond donors (Lipinski definition) is 1. The Morgan fingerprint density at radius 3 is 2.18 bits per heavy atom. The van der Waals surface area contributed by atoms with Gasteiger partial charge >= 0.3 is 6.09 Å². The minimum atomic E-state index is -0.984. The lowest BCUT2D eigenvalue weighted by Gasteiger charge is -2.38. The van der Waals surface area contributed by atoms with Crippen LogP contribution in [0.4, 0.5) is 16.2 Å². The van der Waals surface area contributed by atoms with Gasteiger partial charge in [-0.15, -0.1) is 0 Å². The lowest BCUT2D eigenvalue weighted by molar-refractivity contribution is 0.0562. The fraction of sp³-hybridized carbons (Fsp3) is 0.457. The fourth-order valence-corrected chi connectivity index (χ4v) is 5.27. The molecule has 4 heteroatoms. The van der Waals surface area contributed by atoms with Gasteiger partial charge in [-0.1, -0.05) is 53.1 Å². The van der Waals surface area contributed by atoms with Gasteiger partial charge in [0.2, 0.25) is 0 Å². The van der Waals surface area contributed by atoms with Crippen molar-refractivity contribution in [2.24, 2.45) is 0 Å². The van der Waals surface area contributed by atoms with Crippen LogP contribution in [-0.4, -0.2) is 16.8 Å². The molecule has 4 nitrogen and oxygen atoms in total. The zero-order chi connectivity index (χ0) is 28.6. The smallest absolute Gasteiger partial charge is 0.416 e. The number of carbonyl (C=O) groups is 1. The summed E-state index contributed by atoms with van der Waals surface area (Å²) in [5, 5.41) is 10.0. The summed E-state index contributed by atoms with van der Waals surface area (Å²) in [7, 11) is 0. The van der Waals surface area contributed by atoms with Crippen LogP contribution in [-0.2, 0) is 6.42 Å².